The SMILES string of the molecule is NCOC(=O)CCc1ccc(F)cc1[N+](=O)[O-]. The van der Waals surface area contributed by atoms with E-state index in [0.717, 1.165) is 12.1 Å². The summed E-state index contributed by atoms with van der Waals surface area (Å²) in [6.45, 7) is -0.232. The number of rotatable bonds is 5. The second kappa shape index (κ2) is 5.90. The van der Waals surface area contributed by atoms with Crippen LogP contribution in [0.25, 0.3) is 0 Å². The molecule has 1 aromatic carbocycles. The first-order chi connectivity index (χ1) is 8.04. The number of nitro groups is 1. The van der Waals surface area contributed by atoms with Crippen LogP contribution >= 0.6 is 0 Å². The molecule has 0 heterocycles. The van der Waals surface area contributed by atoms with Crippen molar-refractivity contribution in [1.82, 2.24) is 0 Å². The minimum absolute atomic E-state index is 0.0380. The van der Waals surface area contributed by atoms with Crippen LogP contribution in [0.5, 0.6) is 0 Å². The lowest BCUT2D eigenvalue weighted by Gasteiger charge is -2.03. The number of hydrogen-bond acceptors (Lipinski definition) is 5. The van der Waals surface area contributed by atoms with Gasteiger partial charge in [-0.25, -0.2) is 4.39 Å². The largest absolute Gasteiger partial charge is 0.450 e. The Morgan fingerprint density at radius 2 is 2.24 bits per heavy atom. The minimum atomic E-state index is -0.690. The second-order valence-corrected chi connectivity index (χ2v) is 3.21. The third kappa shape index (κ3) is 3.80. The van der Waals surface area contributed by atoms with Crippen molar-refractivity contribution < 1.29 is 18.8 Å². The molecule has 0 aromatic heterocycles. The quantitative estimate of drug-likeness (QED) is 0.361. The molecule has 0 saturated carbocycles. The van der Waals surface area contributed by atoms with Gasteiger partial charge in [-0.2, -0.15) is 0 Å². The second-order valence-electron chi connectivity index (χ2n) is 3.21. The Balaban J connectivity index is 2.77. The van der Waals surface area contributed by atoms with E-state index in [1.807, 2.05) is 0 Å². The van der Waals surface area contributed by atoms with Crippen molar-refractivity contribution in [1.29, 1.82) is 0 Å². The van der Waals surface area contributed by atoms with Gasteiger partial charge in [0, 0.05) is 12.0 Å². The molecule has 2 N–H and O–H groups in total. The van der Waals surface area contributed by atoms with Crippen LogP contribution < -0.4 is 5.73 Å². The van der Waals surface area contributed by atoms with Crippen LogP contribution in [0.1, 0.15) is 12.0 Å². The number of nitrogens with two attached hydrogens (primary N) is 1. The van der Waals surface area contributed by atoms with E-state index >= 15 is 0 Å². The Morgan fingerprint density at radius 3 is 2.82 bits per heavy atom. The fourth-order valence-corrected chi connectivity index (χ4v) is 1.32. The topological polar surface area (TPSA) is 95.5 Å². The van der Waals surface area contributed by atoms with Gasteiger partial charge in [0.25, 0.3) is 5.69 Å². The van der Waals surface area contributed by atoms with E-state index in [1.54, 1.807) is 0 Å². The van der Waals surface area contributed by atoms with Crippen molar-refractivity contribution in [3.05, 3.63) is 39.7 Å². The van der Waals surface area contributed by atoms with Crippen LogP contribution in [-0.2, 0) is 16.0 Å². The average Bonchev–Trinajstić information content (AvgIpc) is 2.27. The number of esters is 1. The number of nitro benzene ring substituents is 1. The summed E-state index contributed by atoms with van der Waals surface area (Å²) in [5, 5.41) is 10.6. The van der Waals surface area contributed by atoms with Crippen molar-refractivity contribution in [3.63, 3.8) is 0 Å². The first-order valence-corrected chi connectivity index (χ1v) is 4.83. The van der Waals surface area contributed by atoms with Crippen LogP contribution in [0.15, 0.2) is 18.2 Å². The highest BCUT2D eigenvalue weighted by Gasteiger charge is 2.15. The third-order valence-electron chi connectivity index (χ3n) is 2.09. The van der Waals surface area contributed by atoms with E-state index in [1.165, 1.54) is 6.07 Å². The third-order valence-corrected chi connectivity index (χ3v) is 2.09. The maximum Gasteiger partial charge on any atom is 0.307 e. The van der Waals surface area contributed by atoms with E-state index in [0.29, 0.717) is 0 Å². The molecule has 0 aliphatic rings. The molecular formula is C10H11FN2O4. The summed E-state index contributed by atoms with van der Waals surface area (Å²) in [7, 11) is 0. The van der Waals surface area contributed by atoms with Crippen molar-refractivity contribution in [2.75, 3.05) is 6.73 Å². The fourth-order valence-electron chi connectivity index (χ4n) is 1.32. The van der Waals surface area contributed by atoms with Gasteiger partial charge in [0.1, 0.15) is 12.5 Å². The van der Waals surface area contributed by atoms with Gasteiger partial charge in [0.2, 0.25) is 0 Å². The van der Waals surface area contributed by atoms with E-state index in [9.17, 15) is 19.3 Å². The first-order valence-electron chi connectivity index (χ1n) is 4.83. The van der Waals surface area contributed by atoms with Gasteiger partial charge in [-0.05, 0) is 18.6 Å². The number of ether oxygens (including phenoxy) is 1. The Bertz CT molecular complexity index is 436. The summed E-state index contributed by atoms with van der Waals surface area (Å²) >= 11 is 0. The van der Waals surface area contributed by atoms with Gasteiger partial charge >= 0.3 is 5.97 Å². The molecule has 0 radical (unpaired) electrons. The molecule has 7 heteroatoms. The predicted molar refractivity (Wildman–Crippen MR) is 56.5 cm³/mol. The molecule has 0 bridgehead atoms. The van der Waals surface area contributed by atoms with E-state index in [2.05, 4.69) is 4.74 Å². The van der Waals surface area contributed by atoms with Crippen LogP contribution in [0.3, 0.4) is 0 Å². The highest BCUT2D eigenvalue weighted by molar-refractivity contribution is 5.69. The van der Waals surface area contributed by atoms with Gasteiger partial charge in [0.05, 0.1) is 11.0 Å². The zero-order valence-electron chi connectivity index (χ0n) is 8.89. The Morgan fingerprint density at radius 1 is 1.53 bits per heavy atom. The normalized spacial score (nSPS) is 10.0. The van der Waals surface area contributed by atoms with Crippen molar-refractivity contribution >= 4 is 11.7 Å². The van der Waals surface area contributed by atoms with Crippen LogP contribution in [0, 0.1) is 15.9 Å². The zero-order valence-corrected chi connectivity index (χ0v) is 8.89. The number of nitrogens with zero attached hydrogens (tertiary/aromatic N) is 1. The number of hydrogen-bond donors (Lipinski definition) is 1. The standard InChI is InChI=1S/C10H11FN2O4/c11-8-3-1-7(9(5-8)13(15)16)2-4-10(14)17-6-12/h1,3,5H,2,4,6,12H2. The van der Waals surface area contributed by atoms with Crippen LogP contribution in [0.2, 0.25) is 0 Å². The molecule has 17 heavy (non-hydrogen) atoms. The smallest absolute Gasteiger partial charge is 0.307 e. The van der Waals surface area contributed by atoms with Crippen molar-refractivity contribution in [2.45, 2.75) is 12.8 Å². The Kier molecular flexibility index (Phi) is 4.53. The van der Waals surface area contributed by atoms with Crippen LogP contribution in [0.4, 0.5) is 10.1 Å². The number of benzene rings is 1. The summed E-state index contributed by atoms with van der Waals surface area (Å²) in [6, 6.07) is 3.21. The summed E-state index contributed by atoms with van der Waals surface area (Å²) in [5.74, 6) is -1.24. The molecule has 1 aromatic rings. The minimum Gasteiger partial charge on any atom is -0.450 e. The highest BCUT2D eigenvalue weighted by Crippen LogP contribution is 2.21. The molecule has 0 saturated heterocycles. The monoisotopic (exact) mass is 242 g/mol. The Hall–Kier alpha value is -2.02. The number of carbonyl (C=O) groups excluding carboxylic acids is 1. The maximum atomic E-state index is 12.8. The van der Waals surface area contributed by atoms with E-state index in [-0.39, 0.29) is 30.8 Å². The molecular weight excluding hydrogens is 231 g/mol. The summed E-state index contributed by atoms with van der Waals surface area (Å²) in [4.78, 5) is 21.0. The molecule has 0 amide bonds. The van der Waals surface area contributed by atoms with E-state index in [4.69, 9.17) is 5.73 Å². The maximum absolute atomic E-state index is 12.8. The average molecular weight is 242 g/mol. The van der Waals surface area contributed by atoms with Gasteiger partial charge in [-0.3, -0.25) is 20.6 Å². The summed E-state index contributed by atoms with van der Waals surface area (Å²) in [5.41, 5.74) is 4.94. The van der Waals surface area contributed by atoms with Gasteiger partial charge in [-0.15, -0.1) is 0 Å². The van der Waals surface area contributed by atoms with Crippen molar-refractivity contribution in [3.8, 4) is 0 Å². The van der Waals surface area contributed by atoms with Gasteiger partial charge < -0.3 is 4.74 Å². The molecule has 1 rings (SSSR count). The Labute approximate surface area is 96.3 Å². The summed E-state index contributed by atoms with van der Waals surface area (Å²) in [6.07, 6.45) is 0.0686. The zero-order chi connectivity index (χ0) is 12.8. The molecule has 0 aliphatic heterocycles. The summed E-state index contributed by atoms with van der Waals surface area (Å²) < 4.78 is 17.3. The highest BCUT2D eigenvalue weighted by atomic mass is 19.1. The number of carbonyl (C=O) groups is 1. The lowest BCUT2D eigenvalue weighted by atomic mass is 10.1. The predicted octanol–water partition coefficient (Wildman–Crippen LogP) is 1.13. The molecule has 0 atom stereocenters. The first kappa shape index (κ1) is 13.0. The molecule has 92 valence electrons. The van der Waals surface area contributed by atoms with E-state index < -0.39 is 16.7 Å². The van der Waals surface area contributed by atoms with Gasteiger partial charge in [-0.1, -0.05) is 0 Å². The lowest BCUT2D eigenvalue weighted by molar-refractivity contribution is -0.385. The van der Waals surface area contributed by atoms with Crippen molar-refractivity contribution in [2.24, 2.45) is 5.73 Å². The molecule has 0 spiro atoms. The molecule has 0 aliphatic carbocycles. The molecule has 0 unspecified atom stereocenters. The molecule has 6 nitrogen and oxygen atoms in total. The lowest BCUT2D eigenvalue weighted by Crippen LogP contribution is -2.12. The number of halogens is 1. The number of aryl methyl sites for hydroxylation is 1. The van der Waals surface area contributed by atoms with Crippen LogP contribution in [-0.4, -0.2) is 17.6 Å². The molecule has 0 fully saturated rings. The fraction of sp³-hybridized carbons (Fsp3) is 0.300. The van der Waals surface area contributed by atoms with Gasteiger partial charge in [0.15, 0.2) is 0 Å².